The van der Waals surface area contributed by atoms with Gasteiger partial charge in [-0.25, -0.2) is 4.79 Å². The minimum absolute atomic E-state index is 0.0389. The Hall–Kier alpha value is -3.72. The summed E-state index contributed by atoms with van der Waals surface area (Å²) < 4.78 is 5.22. The van der Waals surface area contributed by atoms with Crippen molar-refractivity contribution in [2.75, 3.05) is 44.6 Å². The van der Waals surface area contributed by atoms with Crippen LogP contribution in [0.4, 0.5) is 11.4 Å². The maximum absolute atomic E-state index is 12.8. The van der Waals surface area contributed by atoms with Crippen LogP contribution in [-0.4, -0.2) is 59.9 Å². The fraction of sp³-hybridized carbons (Fsp3) is 0.304. The lowest BCUT2D eigenvalue weighted by atomic mass is 10.1. The number of carbonyl (C=O) groups excluding carboxylic acids is 1. The zero-order chi connectivity index (χ0) is 22.7. The zero-order valence-corrected chi connectivity index (χ0v) is 17.7. The van der Waals surface area contributed by atoms with Crippen LogP contribution in [-0.2, 0) is 0 Å². The van der Waals surface area contributed by atoms with Crippen LogP contribution in [0.15, 0.2) is 57.7 Å². The van der Waals surface area contributed by atoms with Gasteiger partial charge in [0.1, 0.15) is 5.58 Å². The topological polar surface area (TPSA) is 109 Å². The second-order valence-electron chi connectivity index (χ2n) is 7.79. The number of nitrogens with zero attached hydrogens (tertiary/aromatic N) is 3. The van der Waals surface area contributed by atoms with Gasteiger partial charge in [-0.2, -0.15) is 0 Å². The predicted molar refractivity (Wildman–Crippen MR) is 121 cm³/mol. The highest BCUT2D eigenvalue weighted by molar-refractivity contribution is 5.95. The fourth-order valence-electron chi connectivity index (χ4n) is 3.90. The number of piperazine rings is 1. The standard InChI is InChI=1S/C23H24N4O5/c1-16-6-7-17(14-20(16)27(30)31)23(29)26-12-10-25(11-13-26)9-8-24-19-15-22(28)32-21-5-3-2-4-18(19)21/h2-7,14-15,24H,8-13H2,1H3. The normalized spacial score (nSPS) is 14.5. The van der Waals surface area contributed by atoms with Gasteiger partial charge in [0, 0.05) is 67.9 Å². The number of nitrogens with one attached hydrogen (secondary N) is 1. The summed E-state index contributed by atoms with van der Waals surface area (Å²) in [4.78, 5) is 39.2. The molecule has 1 aromatic heterocycles. The summed E-state index contributed by atoms with van der Waals surface area (Å²) in [5.74, 6) is -0.187. The number of fused-ring (bicyclic) bond motifs is 1. The van der Waals surface area contributed by atoms with Gasteiger partial charge in [-0.1, -0.05) is 18.2 Å². The van der Waals surface area contributed by atoms with Crippen LogP contribution in [0.3, 0.4) is 0 Å². The van der Waals surface area contributed by atoms with E-state index in [1.54, 1.807) is 30.0 Å². The van der Waals surface area contributed by atoms with E-state index in [2.05, 4.69) is 10.2 Å². The molecule has 0 bridgehead atoms. The summed E-state index contributed by atoms with van der Waals surface area (Å²) in [5.41, 5.74) is 1.73. The van der Waals surface area contributed by atoms with E-state index in [0.717, 1.165) is 17.6 Å². The molecule has 4 rings (SSSR count). The molecule has 1 saturated heterocycles. The smallest absolute Gasteiger partial charge is 0.338 e. The number of carbonyl (C=O) groups is 1. The molecule has 9 nitrogen and oxygen atoms in total. The van der Waals surface area contributed by atoms with Crippen LogP contribution in [0.1, 0.15) is 15.9 Å². The highest BCUT2D eigenvalue weighted by Crippen LogP contribution is 2.22. The van der Waals surface area contributed by atoms with E-state index in [9.17, 15) is 19.7 Å². The number of nitro groups is 1. The van der Waals surface area contributed by atoms with E-state index in [-0.39, 0.29) is 11.6 Å². The number of aryl methyl sites for hydroxylation is 1. The van der Waals surface area contributed by atoms with Crippen LogP contribution in [0.2, 0.25) is 0 Å². The number of benzene rings is 2. The van der Waals surface area contributed by atoms with E-state index in [4.69, 9.17) is 4.42 Å². The largest absolute Gasteiger partial charge is 0.423 e. The van der Waals surface area contributed by atoms with Crippen LogP contribution < -0.4 is 10.9 Å². The second-order valence-corrected chi connectivity index (χ2v) is 7.79. The van der Waals surface area contributed by atoms with Crippen molar-refractivity contribution >= 4 is 28.3 Å². The first-order valence-electron chi connectivity index (χ1n) is 10.5. The molecule has 1 fully saturated rings. The molecule has 2 aromatic carbocycles. The molecule has 0 unspecified atom stereocenters. The van der Waals surface area contributed by atoms with E-state index < -0.39 is 10.5 Å². The SMILES string of the molecule is Cc1ccc(C(=O)N2CCN(CCNc3cc(=O)oc4ccccc34)CC2)cc1[N+](=O)[O-]. The van der Waals surface area contributed by atoms with Crippen LogP contribution in [0, 0.1) is 17.0 Å². The van der Waals surface area contributed by atoms with Crippen molar-refractivity contribution in [1.82, 2.24) is 9.80 Å². The quantitative estimate of drug-likeness (QED) is 0.359. The number of amides is 1. The molecule has 2 heterocycles. The van der Waals surface area contributed by atoms with E-state index in [1.807, 2.05) is 18.2 Å². The lowest BCUT2D eigenvalue weighted by Gasteiger charge is -2.34. The van der Waals surface area contributed by atoms with Gasteiger partial charge in [0.05, 0.1) is 10.6 Å². The summed E-state index contributed by atoms with van der Waals surface area (Å²) in [5, 5.41) is 15.3. The minimum Gasteiger partial charge on any atom is -0.423 e. The van der Waals surface area contributed by atoms with Crippen molar-refractivity contribution in [3.63, 3.8) is 0 Å². The molecular formula is C23H24N4O5. The fourth-order valence-corrected chi connectivity index (χ4v) is 3.90. The van der Waals surface area contributed by atoms with Crippen LogP contribution in [0.5, 0.6) is 0 Å². The van der Waals surface area contributed by atoms with Gasteiger partial charge in [-0.3, -0.25) is 19.8 Å². The van der Waals surface area contributed by atoms with Crippen molar-refractivity contribution in [1.29, 1.82) is 0 Å². The molecule has 1 aliphatic rings. The molecule has 1 N–H and O–H groups in total. The summed E-state index contributed by atoms with van der Waals surface area (Å²) >= 11 is 0. The Kier molecular flexibility index (Phi) is 6.18. The number of hydrogen-bond donors (Lipinski definition) is 1. The Bertz CT molecular complexity index is 1210. The van der Waals surface area contributed by atoms with Gasteiger partial charge in [-0.05, 0) is 25.1 Å². The Morgan fingerprint density at radius 1 is 1.12 bits per heavy atom. The van der Waals surface area contributed by atoms with Gasteiger partial charge < -0.3 is 14.6 Å². The average molecular weight is 436 g/mol. The maximum atomic E-state index is 12.8. The third kappa shape index (κ3) is 4.62. The first kappa shape index (κ1) is 21.5. The van der Waals surface area contributed by atoms with Crippen molar-refractivity contribution in [2.24, 2.45) is 0 Å². The average Bonchev–Trinajstić information content (AvgIpc) is 2.79. The zero-order valence-electron chi connectivity index (χ0n) is 17.7. The van der Waals surface area contributed by atoms with Gasteiger partial charge in [0.15, 0.2) is 0 Å². The predicted octanol–water partition coefficient (Wildman–Crippen LogP) is 2.88. The minimum atomic E-state index is -0.461. The monoisotopic (exact) mass is 436 g/mol. The van der Waals surface area contributed by atoms with E-state index in [1.165, 1.54) is 12.1 Å². The second kappa shape index (κ2) is 9.19. The summed E-state index contributed by atoms with van der Waals surface area (Å²) in [6.45, 7) is 5.58. The highest BCUT2D eigenvalue weighted by Gasteiger charge is 2.24. The maximum Gasteiger partial charge on any atom is 0.338 e. The van der Waals surface area contributed by atoms with Crippen molar-refractivity contribution in [3.8, 4) is 0 Å². The van der Waals surface area contributed by atoms with Crippen molar-refractivity contribution in [3.05, 3.63) is 80.2 Å². The molecule has 1 aliphatic heterocycles. The Morgan fingerprint density at radius 2 is 1.88 bits per heavy atom. The molecular weight excluding hydrogens is 412 g/mol. The van der Waals surface area contributed by atoms with Gasteiger partial charge in [0.2, 0.25) is 0 Å². The van der Waals surface area contributed by atoms with Gasteiger partial charge >= 0.3 is 5.63 Å². The molecule has 3 aromatic rings. The first-order valence-corrected chi connectivity index (χ1v) is 10.5. The third-order valence-electron chi connectivity index (χ3n) is 5.71. The Labute approximate surface area is 184 Å². The molecule has 166 valence electrons. The van der Waals surface area contributed by atoms with Gasteiger partial charge in [0.25, 0.3) is 11.6 Å². The Balaban J connectivity index is 1.31. The summed E-state index contributed by atoms with van der Waals surface area (Å²) in [6, 6.07) is 13.5. The summed E-state index contributed by atoms with van der Waals surface area (Å²) in [6.07, 6.45) is 0. The molecule has 0 aliphatic carbocycles. The number of anilines is 1. The van der Waals surface area contributed by atoms with E-state index in [0.29, 0.717) is 49.4 Å². The number of hydrogen-bond acceptors (Lipinski definition) is 7. The molecule has 0 saturated carbocycles. The molecule has 0 radical (unpaired) electrons. The van der Waals surface area contributed by atoms with Crippen molar-refractivity contribution < 1.29 is 14.1 Å². The number of nitro benzene ring substituents is 1. The van der Waals surface area contributed by atoms with Gasteiger partial charge in [-0.15, -0.1) is 0 Å². The molecule has 32 heavy (non-hydrogen) atoms. The molecule has 1 amide bonds. The number of rotatable bonds is 6. The van der Waals surface area contributed by atoms with E-state index >= 15 is 0 Å². The molecule has 0 spiro atoms. The molecule has 0 atom stereocenters. The lowest BCUT2D eigenvalue weighted by Crippen LogP contribution is -2.49. The van der Waals surface area contributed by atoms with Crippen LogP contribution >= 0.6 is 0 Å². The number of para-hydroxylation sites is 1. The highest BCUT2D eigenvalue weighted by atomic mass is 16.6. The van der Waals surface area contributed by atoms with Crippen molar-refractivity contribution in [2.45, 2.75) is 6.92 Å². The van der Waals surface area contributed by atoms with Crippen LogP contribution in [0.25, 0.3) is 11.0 Å². The summed E-state index contributed by atoms with van der Waals surface area (Å²) in [7, 11) is 0. The third-order valence-corrected chi connectivity index (χ3v) is 5.71. The lowest BCUT2D eigenvalue weighted by molar-refractivity contribution is -0.385. The first-order chi connectivity index (χ1) is 15.4. The Morgan fingerprint density at radius 3 is 2.62 bits per heavy atom. The molecule has 9 heteroatoms.